The van der Waals surface area contributed by atoms with Crippen LogP contribution in [0.3, 0.4) is 0 Å². The molecule has 188 valence electrons. The maximum absolute atomic E-state index is 12.6. The number of carbonyl (C=O) groups is 2. The Morgan fingerprint density at radius 3 is 2.49 bits per heavy atom. The molecule has 1 saturated heterocycles. The van der Waals surface area contributed by atoms with E-state index in [1.165, 1.54) is 0 Å². The van der Waals surface area contributed by atoms with Gasteiger partial charge in [-0.3, -0.25) is 19.4 Å². The van der Waals surface area contributed by atoms with Crippen molar-refractivity contribution in [3.8, 4) is 5.75 Å². The number of hydrogen-bond donors (Lipinski definition) is 2. The summed E-state index contributed by atoms with van der Waals surface area (Å²) >= 11 is 0. The van der Waals surface area contributed by atoms with Crippen LogP contribution in [0.15, 0.2) is 61.2 Å². The Bertz CT molecular complexity index is 968. The molecule has 0 radical (unpaired) electrons. The zero-order chi connectivity index (χ0) is 25.0. The molecule has 0 saturated carbocycles. The van der Waals surface area contributed by atoms with E-state index < -0.39 is 0 Å². The smallest absolute Gasteiger partial charge is 0.305 e. The summed E-state index contributed by atoms with van der Waals surface area (Å²) in [4.78, 5) is 28.8. The highest BCUT2D eigenvalue weighted by Gasteiger charge is 2.26. The summed E-state index contributed by atoms with van der Waals surface area (Å²) in [5.74, 6) is -0.0748. The molecular formula is C28H37N3O4. The minimum atomic E-state index is -0.196. The van der Waals surface area contributed by atoms with Crippen LogP contribution in [0.5, 0.6) is 5.75 Å². The normalized spacial score (nSPS) is 15.3. The Kier molecular flexibility index (Phi) is 10.3. The van der Waals surface area contributed by atoms with E-state index in [4.69, 9.17) is 4.74 Å². The highest BCUT2D eigenvalue weighted by Crippen LogP contribution is 2.31. The van der Waals surface area contributed by atoms with Gasteiger partial charge in [0, 0.05) is 51.3 Å². The molecule has 0 bridgehead atoms. The van der Waals surface area contributed by atoms with Crippen LogP contribution in [-0.2, 0) is 9.53 Å². The Labute approximate surface area is 208 Å². The number of hydrogen-bond acceptors (Lipinski definition) is 6. The molecule has 35 heavy (non-hydrogen) atoms. The average Bonchev–Trinajstić information content (AvgIpc) is 2.86. The van der Waals surface area contributed by atoms with Crippen molar-refractivity contribution in [3.63, 3.8) is 0 Å². The fourth-order valence-electron chi connectivity index (χ4n) is 4.44. The first kappa shape index (κ1) is 26.4. The van der Waals surface area contributed by atoms with Crippen LogP contribution in [0.2, 0.25) is 0 Å². The molecule has 2 aromatic carbocycles. The zero-order valence-corrected chi connectivity index (χ0v) is 20.6. The molecule has 1 amide bonds. The number of unbranched alkanes of at least 4 members (excludes halogenated alkanes) is 1. The van der Waals surface area contributed by atoms with E-state index >= 15 is 0 Å². The van der Waals surface area contributed by atoms with Crippen LogP contribution in [0.25, 0.3) is 0 Å². The van der Waals surface area contributed by atoms with Gasteiger partial charge in [-0.15, -0.1) is 6.58 Å². The predicted octanol–water partition coefficient (Wildman–Crippen LogP) is 3.75. The number of phenols is 1. The molecular weight excluding hydrogens is 442 g/mol. The van der Waals surface area contributed by atoms with Gasteiger partial charge in [-0.1, -0.05) is 30.3 Å². The molecule has 1 fully saturated rings. The molecule has 3 rings (SSSR count). The zero-order valence-electron chi connectivity index (χ0n) is 20.6. The largest absolute Gasteiger partial charge is 0.508 e. The lowest BCUT2D eigenvalue weighted by Crippen LogP contribution is -2.47. The Morgan fingerprint density at radius 1 is 1.09 bits per heavy atom. The van der Waals surface area contributed by atoms with Gasteiger partial charge in [-0.05, 0) is 55.2 Å². The average molecular weight is 480 g/mol. The van der Waals surface area contributed by atoms with E-state index in [9.17, 15) is 14.7 Å². The quantitative estimate of drug-likeness (QED) is 0.274. The van der Waals surface area contributed by atoms with E-state index in [1.54, 1.807) is 13.0 Å². The molecule has 1 aliphatic rings. The summed E-state index contributed by atoms with van der Waals surface area (Å²) in [5, 5.41) is 13.0. The summed E-state index contributed by atoms with van der Waals surface area (Å²) in [5.41, 5.74) is 2.71. The SMILES string of the molecule is C=CCN1CCN(C(c2ccc(C(=O)NCCCCC(=O)OCC)cc2)c2cccc(O)c2)CC1. The first-order valence-corrected chi connectivity index (χ1v) is 12.4. The van der Waals surface area contributed by atoms with Crippen LogP contribution in [0.4, 0.5) is 0 Å². The van der Waals surface area contributed by atoms with Crippen molar-refractivity contribution >= 4 is 11.9 Å². The van der Waals surface area contributed by atoms with Crippen molar-refractivity contribution in [2.75, 3.05) is 45.9 Å². The summed E-state index contributed by atoms with van der Waals surface area (Å²) in [6.07, 6.45) is 3.72. The number of nitrogens with one attached hydrogen (secondary N) is 1. The summed E-state index contributed by atoms with van der Waals surface area (Å²) in [6.45, 7) is 11.2. The molecule has 0 spiro atoms. The third-order valence-electron chi connectivity index (χ3n) is 6.23. The van der Waals surface area contributed by atoms with Gasteiger partial charge in [0.15, 0.2) is 0 Å². The van der Waals surface area contributed by atoms with Crippen molar-refractivity contribution in [3.05, 3.63) is 77.9 Å². The molecule has 2 aromatic rings. The van der Waals surface area contributed by atoms with Crippen molar-refractivity contribution in [2.24, 2.45) is 0 Å². The Morgan fingerprint density at radius 2 is 1.83 bits per heavy atom. The highest BCUT2D eigenvalue weighted by atomic mass is 16.5. The lowest BCUT2D eigenvalue weighted by molar-refractivity contribution is -0.143. The maximum Gasteiger partial charge on any atom is 0.305 e. The van der Waals surface area contributed by atoms with Gasteiger partial charge in [0.1, 0.15) is 5.75 Å². The monoisotopic (exact) mass is 479 g/mol. The minimum absolute atomic E-state index is 0.00651. The number of aromatic hydroxyl groups is 1. The van der Waals surface area contributed by atoms with E-state index in [0.29, 0.717) is 31.6 Å². The lowest BCUT2D eigenvalue weighted by atomic mass is 9.95. The van der Waals surface area contributed by atoms with Crippen LogP contribution in [-0.4, -0.2) is 72.7 Å². The Hall–Kier alpha value is -3.16. The van der Waals surface area contributed by atoms with Gasteiger partial charge in [-0.2, -0.15) is 0 Å². The molecule has 2 N–H and O–H groups in total. The van der Waals surface area contributed by atoms with Gasteiger partial charge in [0.2, 0.25) is 0 Å². The van der Waals surface area contributed by atoms with Crippen LogP contribution >= 0.6 is 0 Å². The van der Waals surface area contributed by atoms with Gasteiger partial charge in [0.05, 0.1) is 12.6 Å². The minimum Gasteiger partial charge on any atom is -0.508 e. The standard InChI is InChI=1S/C28H37N3O4/c1-3-16-30-17-19-31(20-18-30)27(24-8-7-9-25(32)21-24)22-11-13-23(14-12-22)28(34)29-15-6-5-10-26(33)35-4-2/h3,7-9,11-14,21,27,32H,1,4-6,10,15-20H2,2H3,(H,29,34). The Balaban J connectivity index is 1.63. The number of esters is 1. The fourth-order valence-corrected chi connectivity index (χ4v) is 4.44. The first-order chi connectivity index (χ1) is 17.0. The van der Waals surface area contributed by atoms with Crippen LogP contribution in [0, 0.1) is 0 Å². The van der Waals surface area contributed by atoms with Gasteiger partial charge >= 0.3 is 5.97 Å². The second kappa shape index (κ2) is 13.7. The summed E-state index contributed by atoms with van der Waals surface area (Å²) in [6, 6.07) is 15.1. The molecule has 1 atom stereocenters. The molecule has 0 aliphatic carbocycles. The van der Waals surface area contributed by atoms with Crippen LogP contribution < -0.4 is 5.32 Å². The highest BCUT2D eigenvalue weighted by molar-refractivity contribution is 5.94. The molecule has 7 nitrogen and oxygen atoms in total. The first-order valence-electron chi connectivity index (χ1n) is 12.4. The summed E-state index contributed by atoms with van der Waals surface area (Å²) in [7, 11) is 0. The lowest BCUT2D eigenvalue weighted by Gasteiger charge is -2.39. The second-order valence-corrected chi connectivity index (χ2v) is 8.76. The molecule has 7 heteroatoms. The number of benzene rings is 2. The molecule has 1 unspecified atom stereocenters. The number of amides is 1. The van der Waals surface area contributed by atoms with E-state index in [1.807, 2.05) is 48.5 Å². The summed E-state index contributed by atoms with van der Waals surface area (Å²) < 4.78 is 4.92. The number of phenolic OH excluding ortho intramolecular Hbond substituents is 1. The number of nitrogens with zero attached hydrogens (tertiary/aromatic N) is 2. The molecule has 1 aliphatic heterocycles. The number of carbonyl (C=O) groups excluding carboxylic acids is 2. The van der Waals surface area contributed by atoms with Crippen LogP contribution in [0.1, 0.15) is 53.7 Å². The number of piperazine rings is 1. The van der Waals surface area contributed by atoms with Crippen molar-refractivity contribution in [1.29, 1.82) is 0 Å². The van der Waals surface area contributed by atoms with Gasteiger partial charge < -0.3 is 15.2 Å². The van der Waals surface area contributed by atoms with E-state index in [-0.39, 0.29) is 23.7 Å². The topological polar surface area (TPSA) is 82.1 Å². The van der Waals surface area contributed by atoms with E-state index in [2.05, 4.69) is 21.7 Å². The maximum atomic E-state index is 12.6. The van der Waals surface area contributed by atoms with Gasteiger partial charge in [-0.25, -0.2) is 0 Å². The number of ether oxygens (including phenoxy) is 1. The number of rotatable bonds is 12. The second-order valence-electron chi connectivity index (χ2n) is 8.76. The predicted molar refractivity (Wildman–Crippen MR) is 137 cm³/mol. The fraction of sp³-hybridized carbons (Fsp3) is 0.429. The van der Waals surface area contributed by atoms with Gasteiger partial charge in [0.25, 0.3) is 5.91 Å². The van der Waals surface area contributed by atoms with E-state index in [0.717, 1.165) is 50.3 Å². The third kappa shape index (κ3) is 7.94. The third-order valence-corrected chi connectivity index (χ3v) is 6.23. The van der Waals surface area contributed by atoms with Crippen molar-refractivity contribution < 1.29 is 19.4 Å². The molecule has 1 heterocycles. The van der Waals surface area contributed by atoms with Crippen molar-refractivity contribution in [2.45, 2.75) is 32.2 Å². The van der Waals surface area contributed by atoms with Crippen molar-refractivity contribution in [1.82, 2.24) is 15.1 Å². The molecule has 0 aromatic heterocycles.